The van der Waals surface area contributed by atoms with Gasteiger partial charge >= 0.3 is 0 Å². The average molecular weight is 550 g/mol. The van der Waals surface area contributed by atoms with Gasteiger partial charge in [-0.05, 0) is 83.1 Å². The zero-order valence-electron chi connectivity index (χ0n) is 23.6. The smallest absolute Gasteiger partial charge is 0.254 e. The van der Waals surface area contributed by atoms with Crippen LogP contribution in [0.1, 0.15) is 68.2 Å². The molecule has 1 saturated carbocycles. The van der Waals surface area contributed by atoms with E-state index >= 15 is 4.39 Å². The number of aromatic nitrogens is 2. The van der Waals surface area contributed by atoms with Crippen LogP contribution in [0.4, 0.5) is 8.78 Å². The summed E-state index contributed by atoms with van der Waals surface area (Å²) in [6.07, 6.45) is 7.74. The van der Waals surface area contributed by atoms with Crippen molar-refractivity contribution in [3.8, 4) is 11.1 Å². The summed E-state index contributed by atoms with van der Waals surface area (Å²) < 4.78 is 32.8. The van der Waals surface area contributed by atoms with Crippen LogP contribution in [0.15, 0.2) is 36.7 Å². The van der Waals surface area contributed by atoms with Crippen molar-refractivity contribution in [2.75, 3.05) is 19.6 Å². The van der Waals surface area contributed by atoms with E-state index in [1.54, 1.807) is 34.3 Å². The predicted octanol–water partition coefficient (Wildman–Crippen LogP) is 4.86. The lowest BCUT2D eigenvalue weighted by Gasteiger charge is -2.49. The zero-order valence-corrected chi connectivity index (χ0v) is 23.6. The SMILES string of the molecule is CCN(C(=O)c1cc(F)ccc1-c1cc(C2(F)CN(C(=O)[C@@H]3NC4CCC3CC4)C2)cn2c(C)ncc12)C(C)C. The third kappa shape index (κ3) is 4.39. The Labute approximate surface area is 233 Å². The normalized spacial score (nSPS) is 23.5. The molecule has 40 heavy (non-hydrogen) atoms. The van der Waals surface area contributed by atoms with Gasteiger partial charge in [0.25, 0.3) is 5.91 Å². The van der Waals surface area contributed by atoms with Crippen molar-refractivity contribution in [1.82, 2.24) is 24.5 Å². The number of benzene rings is 1. The molecule has 3 aliphatic heterocycles. The molecule has 4 aliphatic rings. The summed E-state index contributed by atoms with van der Waals surface area (Å²) in [4.78, 5) is 34.6. The van der Waals surface area contributed by atoms with E-state index in [-0.39, 0.29) is 42.6 Å². The first kappa shape index (κ1) is 26.9. The molecule has 2 amide bonds. The molecule has 4 fully saturated rings. The molecule has 0 spiro atoms. The van der Waals surface area contributed by atoms with Gasteiger partial charge in [-0.2, -0.15) is 0 Å². The monoisotopic (exact) mass is 549 g/mol. The first-order chi connectivity index (χ1) is 19.1. The Bertz CT molecular complexity index is 1470. The lowest BCUT2D eigenvalue weighted by atomic mass is 9.75. The lowest BCUT2D eigenvalue weighted by molar-refractivity contribution is -0.152. The maximum absolute atomic E-state index is 16.5. The van der Waals surface area contributed by atoms with E-state index in [2.05, 4.69) is 10.3 Å². The van der Waals surface area contributed by atoms with Gasteiger partial charge in [0.15, 0.2) is 5.67 Å². The molecular weight excluding hydrogens is 512 g/mol. The van der Waals surface area contributed by atoms with Gasteiger partial charge in [-0.25, -0.2) is 13.8 Å². The fourth-order valence-electron chi connectivity index (χ4n) is 6.88. The van der Waals surface area contributed by atoms with Crippen molar-refractivity contribution >= 4 is 17.3 Å². The molecule has 7 rings (SSSR count). The van der Waals surface area contributed by atoms with Crippen molar-refractivity contribution < 1.29 is 18.4 Å². The number of nitrogens with one attached hydrogen (secondary N) is 1. The van der Waals surface area contributed by atoms with Crippen LogP contribution < -0.4 is 5.32 Å². The van der Waals surface area contributed by atoms with E-state index in [4.69, 9.17) is 0 Å². The fraction of sp³-hybridized carbons (Fsp3) is 0.516. The second-order valence-electron chi connectivity index (χ2n) is 12.0. The molecular formula is C31H37F2N5O2. The van der Waals surface area contributed by atoms with E-state index in [9.17, 15) is 14.0 Å². The highest BCUT2D eigenvalue weighted by Gasteiger charge is 2.51. The average Bonchev–Trinajstić information content (AvgIpc) is 3.31. The van der Waals surface area contributed by atoms with Crippen molar-refractivity contribution in [2.24, 2.45) is 5.92 Å². The van der Waals surface area contributed by atoms with Gasteiger partial charge in [0.2, 0.25) is 5.91 Å². The van der Waals surface area contributed by atoms with Crippen LogP contribution in [0.25, 0.3) is 16.6 Å². The zero-order chi connectivity index (χ0) is 28.3. The molecule has 212 valence electrons. The van der Waals surface area contributed by atoms with E-state index in [0.29, 0.717) is 46.5 Å². The number of likely N-dealkylation sites (tertiary alicyclic amines) is 1. The molecule has 9 heteroatoms. The minimum atomic E-state index is -1.74. The molecule has 1 aromatic carbocycles. The molecule has 2 bridgehead atoms. The van der Waals surface area contributed by atoms with Gasteiger partial charge in [-0.3, -0.25) is 9.59 Å². The standard InChI is InChI=1S/C31H37F2N5O2/c1-5-37(18(2)3)29(39)26-13-22(32)8-11-24(26)25-12-21(15-38-19(4)34-14-27(25)38)31(33)16-36(17-31)30(40)28-20-6-9-23(35-28)10-7-20/h8,11-15,18,20,23,28,35H,5-7,9-10,16-17H2,1-4H3/t20?,23?,28-/m1/s1. The van der Waals surface area contributed by atoms with E-state index in [1.807, 2.05) is 32.1 Å². The summed E-state index contributed by atoms with van der Waals surface area (Å²) in [7, 11) is 0. The van der Waals surface area contributed by atoms with E-state index in [0.717, 1.165) is 25.7 Å². The first-order valence-corrected chi connectivity index (χ1v) is 14.4. The highest BCUT2D eigenvalue weighted by atomic mass is 19.1. The maximum Gasteiger partial charge on any atom is 0.254 e. The van der Waals surface area contributed by atoms with Gasteiger partial charge < -0.3 is 19.5 Å². The van der Waals surface area contributed by atoms with Crippen LogP contribution in [-0.4, -0.2) is 68.8 Å². The highest BCUT2D eigenvalue weighted by Crippen LogP contribution is 2.42. The van der Waals surface area contributed by atoms with Crippen LogP contribution in [0.3, 0.4) is 0 Å². The Morgan fingerprint density at radius 2 is 1.88 bits per heavy atom. The first-order valence-electron chi connectivity index (χ1n) is 14.4. The number of hydrogen-bond donors (Lipinski definition) is 1. The number of hydrogen-bond acceptors (Lipinski definition) is 4. The van der Waals surface area contributed by atoms with Crippen LogP contribution >= 0.6 is 0 Å². The van der Waals surface area contributed by atoms with Crippen LogP contribution in [0, 0.1) is 18.7 Å². The molecule has 1 N–H and O–H groups in total. The maximum atomic E-state index is 16.5. The molecule has 3 aromatic rings. The number of piperidine rings is 2. The number of amides is 2. The second kappa shape index (κ2) is 9.94. The number of fused-ring (bicyclic) bond motifs is 4. The summed E-state index contributed by atoms with van der Waals surface area (Å²) in [6.45, 7) is 8.00. The van der Waals surface area contributed by atoms with Gasteiger partial charge in [-0.1, -0.05) is 6.07 Å². The fourth-order valence-corrected chi connectivity index (χ4v) is 6.88. The number of nitrogens with zero attached hydrogens (tertiary/aromatic N) is 4. The van der Waals surface area contributed by atoms with Crippen LogP contribution in [0.5, 0.6) is 0 Å². The molecule has 3 saturated heterocycles. The Balaban J connectivity index is 1.36. The predicted molar refractivity (Wildman–Crippen MR) is 149 cm³/mol. The minimum absolute atomic E-state index is 0.0115. The highest BCUT2D eigenvalue weighted by molar-refractivity contribution is 6.03. The Hall–Kier alpha value is -3.33. The Kier molecular flexibility index (Phi) is 6.68. The largest absolute Gasteiger partial charge is 0.336 e. The van der Waals surface area contributed by atoms with Crippen molar-refractivity contribution in [2.45, 2.75) is 77.2 Å². The third-order valence-corrected chi connectivity index (χ3v) is 9.19. The molecule has 5 heterocycles. The molecule has 1 aliphatic carbocycles. The number of carbonyl (C=O) groups is 2. The van der Waals surface area contributed by atoms with E-state index in [1.165, 1.54) is 12.1 Å². The second-order valence-corrected chi connectivity index (χ2v) is 12.0. The quantitative estimate of drug-likeness (QED) is 0.477. The van der Waals surface area contributed by atoms with Crippen molar-refractivity contribution in [1.29, 1.82) is 0 Å². The van der Waals surface area contributed by atoms with Gasteiger partial charge in [0, 0.05) is 36.0 Å². The van der Waals surface area contributed by atoms with Gasteiger partial charge in [-0.15, -0.1) is 0 Å². The number of imidazole rings is 1. The van der Waals surface area contributed by atoms with Crippen LogP contribution in [-0.2, 0) is 10.5 Å². The summed E-state index contributed by atoms with van der Waals surface area (Å²) in [5, 5.41) is 3.48. The Morgan fingerprint density at radius 1 is 1.15 bits per heavy atom. The Morgan fingerprint density at radius 3 is 2.50 bits per heavy atom. The summed E-state index contributed by atoms with van der Waals surface area (Å²) in [5.74, 6) is 0.193. The number of rotatable bonds is 6. The number of pyridine rings is 1. The number of aryl methyl sites for hydroxylation is 1. The number of alkyl halides is 1. The van der Waals surface area contributed by atoms with Gasteiger partial charge in [0.05, 0.1) is 36.4 Å². The molecule has 2 aromatic heterocycles. The molecule has 7 nitrogen and oxygen atoms in total. The lowest BCUT2D eigenvalue weighted by Crippen LogP contribution is -2.66. The number of carbonyl (C=O) groups excluding carboxylic acids is 2. The third-order valence-electron chi connectivity index (χ3n) is 9.19. The van der Waals surface area contributed by atoms with E-state index < -0.39 is 11.5 Å². The molecule has 0 radical (unpaired) electrons. The molecule has 0 unspecified atom stereocenters. The summed E-state index contributed by atoms with van der Waals surface area (Å²) in [5.41, 5.74) is 0.737. The minimum Gasteiger partial charge on any atom is -0.336 e. The summed E-state index contributed by atoms with van der Waals surface area (Å²) >= 11 is 0. The summed E-state index contributed by atoms with van der Waals surface area (Å²) in [6, 6.07) is 6.01. The van der Waals surface area contributed by atoms with Gasteiger partial charge in [0.1, 0.15) is 11.6 Å². The number of halogens is 2. The van der Waals surface area contributed by atoms with Crippen molar-refractivity contribution in [3.63, 3.8) is 0 Å². The topological polar surface area (TPSA) is 70.0 Å². The molecule has 1 atom stereocenters. The van der Waals surface area contributed by atoms with Crippen LogP contribution in [0.2, 0.25) is 0 Å². The van der Waals surface area contributed by atoms with Crippen molar-refractivity contribution in [3.05, 3.63) is 59.4 Å².